The van der Waals surface area contributed by atoms with E-state index in [0.717, 1.165) is 24.5 Å². The van der Waals surface area contributed by atoms with Crippen LogP contribution >= 0.6 is 0 Å². The van der Waals surface area contributed by atoms with Crippen LogP contribution in [-0.4, -0.2) is 65.3 Å². The van der Waals surface area contributed by atoms with Crippen molar-refractivity contribution in [2.45, 2.75) is 25.9 Å². The summed E-state index contributed by atoms with van der Waals surface area (Å²) in [7, 11) is 0. The molecule has 1 saturated heterocycles. The van der Waals surface area contributed by atoms with E-state index in [2.05, 4.69) is 48.5 Å². The van der Waals surface area contributed by atoms with Gasteiger partial charge in [0.2, 0.25) is 5.91 Å². The molecule has 0 spiro atoms. The van der Waals surface area contributed by atoms with Crippen LogP contribution in [0, 0.1) is 18.3 Å². The number of carbonyl (C=O) groups excluding carboxylic acids is 1. The monoisotopic (exact) mass is 498 g/mol. The number of nitriles is 1. The van der Waals surface area contributed by atoms with Gasteiger partial charge in [-0.2, -0.15) is 10.4 Å². The Bertz CT molecular complexity index is 1360. The molecule has 3 aromatic rings. The quantitative estimate of drug-likeness (QED) is 0.473. The van der Waals surface area contributed by atoms with Crippen molar-refractivity contribution in [3.63, 3.8) is 0 Å². The number of pyridine rings is 1. The molecule has 1 amide bonds. The smallest absolute Gasteiger partial charge is 0.269 e. The molecule has 0 radical (unpaired) electrons. The van der Waals surface area contributed by atoms with Crippen LogP contribution in [0.1, 0.15) is 34.7 Å². The third kappa shape index (κ3) is 5.17. The summed E-state index contributed by atoms with van der Waals surface area (Å²) < 4.78 is 0. The molecule has 0 aliphatic carbocycles. The van der Waals surface area contributed by atoms with Gasteiger partial charge in [-0.05, 0) is 43.1 Å². The van der Waals surface area contributed by atoms with E-state index in [1.165, 1.54) is 11.1 Å². The van der Waals surface area contributed by atoms with E-state index in [1.807, 2.05) is 30.0 Å². The van der Waals surface area contributed by atoms with Crippen LogP contribution in [0.5, 0.6) is 0 Å². The highest BCUT2D eigenvalue weighted by molar-refractivity contribution is 5.78. The molecule has 190 valence electrons. The fourth-order valence-electron chi connectivity index (χ4n) is 5.14. The SMILES string of the molecule is Cc1c(N2Cc3ccccc3[C@H]2CCNCC(=O)N2CCN(c3ccc(C#N)cn3)CC2)cn[nH]c1=O. The van der Waals surface area contributed by atoms with Crippen molar-refractivity contribution in [2.75, 3.05) is 49.1 Å². The Kier molecular flexibility index (Phi) is 7.14. The number of hydrogen-bond acceptors (Lipinski definition) is 8. The van der Waals surface area contributed by atoms with Gasteiger partial charge in [0.15, 0.2) is 0 Å². The summed E-state index contributed by atoms with van der Waals surface area (Å²) in [5.41, 5.74) is 4.37. The minimum atomic E-state index is -0.175. The van der Waals surface area contributed by atoms with Crippen molar-refractivity contribution in [3.05, 3.63) is 81.4 Å². The zero-order chi connectivity index (χ0) is 25.8. The molecule has 1 fully saturated rings. The fraction of sp³-hybridized carbons (Fsp3) is 0.370. The second-order valence-corrected chi connectivity index (χ2v) is 9.40. The van der Waals surface area contributed by atoms with E-state index in [9.17, 15) is 9.59 Å². The minimum Gasteiger partial charge on any atom is -0.358 e. The summed E-state index contributed by atoms with van der Waals surface area (Å²) in [4.78, 5) is 35.6. The van der Waals surface area contributed by atoms with Gasteiger partial charge < -0.3 is 20.0 Å². The normalized spacial score (nSPS) is 17.0. The van der Waals surface area contributed by atoms with Gasteiger partial charge in [0.25, 0.3) is 5.56 Å². The summed E-state index contributed by atoms with van der Waals surface area (Å²) in [5.74, 6) is 0.919. The molecule has 2 N–H and O–H groups in total. The van der Waals surface area contributed by atoms with Crippen LogP contribution in [0.2, 0.25) is 0 Å². The first-order valence-corrected chi connectivity index (χ1v) is 12.5. The number of rotatable bonds is 7. The number of aromatic nitrogens is 3. The average Bonchev–Trinajstić information content (AvgIpc) is 3.31. The molecular formula is C27H30N8O2. The topological polar surface area (TPSA) is 121 Å². The van der Waals surface area contributed by atoms with Gasteiger partial charge in [0, 0.05) is 44.5 Å². The lowest BCUT2D eigenvalue weighted by atomic mass is 10.0. The zero-order valence-corrected chi connectivity index (χ0v) is 20.9. The van der Waals surface area contributed by atoms with Crippen LogP contribution < -0.4 is 20.7 Å². The first-order chi connectivity index (χ1) is 18.0. The van der Waals surface area contributed by atoms with Gasteiger partial charge in [-0.25, -0.2) is 10.1 Å². The predicted octanol–water partition coefficient (Wildman–Crippen LogP) is 1.73. The molecule has 1 aromatic carbocycles. The number of benzene rings is 1. The molecule has 37 heavy (non-hydrogen) atoms. The number of aromatic amines is 1. The largest absolute Gasteiger partial charge is 0.358 e. The molecule has 10 nitrogen and oxygen atoms in total. The van der Waals surface area contributed by atoms with E-state index >= 15 is 0 Å². The average molecular weight is 499 g/mol. The number of nitrogens with zero attached hydrogens (tertiary/aromatic N) is 6. The van der Waals surface area contributed by atoms with Crippen LogP contribution in [-0.2, 0) is 11.3 Å². The summed E-state index contributed by atoms with van der Waals surface area (Å²) in [5, 5.41) is 18.8. The number of fused-ring (bicyclic) bond motifs is 1. The molecule has 0 saturated carbocycles. The number of hydrogen-bond donors (Lipinski definition) is 2. The number of H-pyrrole nitrogens is 1. The van der Waals surface area contributed by atoms with Crippen molar-refractivity contribution in [2.24, 2.45) is 0 Å². The molecule has 0 unspecified atom stereocenters. The Morgan fingerprint density at radius 1 is 1.16 bits per heavy atom. The second kappa shape index (κ2) is 10.8. The highest BCUT2D eigenvalue weighted by Crippen LogP contribution is 2.39. The van der Waals surface area contributed by atoms with Gasteiger partial charge in [-0.15, -0.1) is 0 Å². The predicted molar refractivity (Wildman–Crippen MR) is 140 cm³/mol. The van der Waals surface area contributed by atoms with Crippen molar-refractivity contribution in [1.29, 1.82) is 5.26 Å². The van der Waals surface area contributed by atoms with Gasteiger partial charge in [-0.1, -0.05) is 24.3 Å². The molecule has 4 heterocycles. The van der Waals surface area contributed by atoms with E-state index < -0.39 is 0 Å². The Morgan fingerprint density at radius 3 is 2.73 bits per heavy atom. The minimum absolute atomic E-state index is 0.0887. The molecule has 2 aromatic heterocycles. The number of piperazine rings is 1. The zero-order valence-electron chi connectivity index (χ0n) is 20.9. The van der Waals surface area contributed by atoms with Crippen LogP contribution in [0.25, 0.3) is 0 Å². The summed E-state index contributed by atoms with van der Waals surface area (Å²) in [6.45, 7) is 6.21. The van der Waals surface area contributed by atoms with E-state index in [1.54, 1.807) is 18.5 Å². The van der Waals surface area contributed by atoms with Crippen LogP contribution in [0.4, 0.5) is 11.5 Å². The Hall–Kier alpha value is -4.23. The van der Waals surface area contributed by atoms with Crippen molar-refractivity contribution < 1.29 is 4.79 Å². The number of amides is 1. The van der Waals surface area contributed by atoms with Crippen molar-refractivity contribution in [3.8, 4) is 6.07 Å². The van der Waals surface area contributed by atoms with E-state index in [4.69, 9.17) is 5.26 Å². The fourth-order valence-corrected chi connectivity index (χ4v) is 5.14. The van der Waals surface area contributed by atoms with Gasteiger partial charge in [0.05, 0.1) is 30.0 Å². The molecule has 0 bridgehead atoms. The second-order valence-electron chi connectivity index (χ2n) is 9.40. The summed E-state index contributed by atoms with van der Waals surface area (Å²) in [6, 6.07) is 14.2. The Morgan fingerprint density at radius 2 is 1.97 bits per heavy atom. The van der Waals surface area contributed by atoms with Crippen molar-refractivity contribution in [1.82, 2.24) is 25.4 Å². The van der Waals surface area contributed by atoms with Crippen LogP contribution in [0.3, 0.4) is 0 Å². The summed E-state index contributed by atoms with van der Waals surface area (Å²) >= 11 is 0. The lowest BCUT2D eigenvalue weighted by Crippen LogP contribution is -2.51. The molecule has 2 aliphatic heterocycles. The lowest BCUT2D eigenvalue weighted by molar-refractivity contribution is -0.130. The van der Waals surface area contributed by atoms with Gasteiger partial charge >= 0.3 is 0 Å². The van der Waals surface area contributed by atoms with E-state index in [-0.39, 0.29) is 24.1 Å². The van der Waals surface area contributed by atoms with E-state index in [0.29, 0.717) is 43.9 Å². The number of nitrogens with one attached hydrogen (secondary N) is 2. The number of anilines is 2. The molecular weight excluding hydrogens is 468 g/mol. The molecule has 10 heteroatoms. The molecule has 2 aliphatic rings. The Labute approximate surface area is 215 Å². The maximum Gasteiger partial charge on any atom is 0.269 e. The van der Waals surface area contributed by atoms with Gasteiger partial charge in [-0.3, -0.25) is 9.59 Å². The lowest BCUT2D eigenvalue weighted by Gasteiger charge is -2.35. The third-order valence-electron chi connectivity index (χ3n) is 7.22. The van der Waals surface area contributed by atoms with Gasteiger partial charge in [0.1, 0.15) is 11.9 Å². The third-order valence-corrected chi connectivity index (χ3v) is 7.22. The first kappa shape index (κ1) is 24.5. The van der Waals surface area contributed by atoms with Crippen LogP contribution in [0.15, 0.2) is 53.6 Å². The number of carbonyl (C=O) groups is 1. The molecule has 1 atom stereocenters. The molecule has 5 rings (SSSR count). The maximum atomic E-state index is 12.8. The standard InChI is InChI=1S/C27H30N8O2/c1-19-24(16-31-32-27(19)37)35-18-21-4-2-3-5-22(21)23(35)8-9-29-17-26(36)34-12-10-33(11-13-34)25-7-6-20(14-28)15-30-25/h2-7,15-16,23,29H,8-13,17-18H2,1H3,(H,32,37)/t23-/m1/s1. The maximum absolute atomic E-state index is 12.8. The Balaban J connectivity index is 1.14. The highest BCUT2D eigenvalue weighted by atomic mass is 16.2. The summed E-state index contributed by atoms with van der Waals surface area (Å²) in [6.07, 6.45) is 4.10. The highest BCUT2D eigenvalue weighted by Gasteiger charge is 2.31. The first-order valence-electron chi connectivity index (χ1n) is 12.5. The van der Waals surface area contributed by atoms with Crippen molar-refractivity contribution >= 4 is 17.4 Å².